The Hall–Kier alpha value is -1.94. The molecule has 2 aromatic carbocycles. The monoisotopic (exact) mass is 435 g/mol. The molecule has 0 fully saturated rings. The standard InChI is InChI=1S/C19H21N3O3S3/c1-12-4-5-13(2)17(10-12)28(24,25)20-9-8-18(23)21-14-6-7-15-16(11-14)27-19(22-15)26-3/h4-7,10-11,20H,8-9H2,1-3H3,(H,21,23). The fourth-order valence-corrected chi connectivity index (χ4v) is 5.55. The summed E-state index contributed by atoms with van der Waals surface area (Å²) in [5.74, 6) is -0.252. The average molecular weight is 436 g/mol. The lowest BCUT2D eigenvalue weighted by Crippen LogP contribution is -2.28. The molecule has 1 heterocycles. The van der Waals surface area contributed by atoms with E-state index >= 15 is 0 Å². The molecule has 2 N–H and O–H groups in total. The second-order valence-corrected chi connectivity index (χ2v) is 10.2. The number of aryl methyl sites for hydroxylation is 2. The Kier molecular flexibility index (Phi) is 6.39. The van der Waals surface area contributed by atoms with Crippen molar-refractivity contribution in [3.63, 3.8) is 0 Å². The second kappa shape index (κ2) is 8.60. The number of nitrogens with one attached hydrogen (secondary N) is 2. The third-order valence-electron chi connectivity index (χ3n) is 4.10. The van der Waals surface area contributed by atoms with Crippen molar-refractivity contribution in [3.8, 4) is 0 Å². The quantitative estimate of drug-likeness (QED) is 0.549. The molecule has 0 atom stereocenters. The number of fused-ring (bicyclic) bond motifs is 1. The molecule has 0 radical (unpaired) electrons. The normalized spacial score (nSPS) is 11.7. The van der Waals surface area contributed by atoms with Crippen LogP contribution in [0.15, 0.2) is 45.6 Å². The molecule has 3 aromatic rings. The van der Waals surface area contributed by atoms with Gasteiger partial charge in [0.15, 0.2) is 4.34 Å². The Labute approximate surface area is 172 Å². The fraction of sp³-hybridized carbons (Fsp3) is 0.263. The van der Waals surface area contributed by atoms with Gasteiger partial charge in [-0.25, -0.2) is 18.1 Å². The predicted molar refractivity (Wildman–Crippen MR) is 116 cm³/mol. The molecular weight excluding hydrogens is 414 g/mol. The van der Waals surface area contributed by atoms with Gasteiger partial charge in [0, 0.05) is 18.7 Å². The van der Waals surface area contributed by atoms with E-state index in [1.54, 1.807) is 48.2 Å². The number of anilines is 1. The molecule has 6 nitrogen and oxygen atoms in total. The van der Waals surface area contributed by atoms with Crippen LogP contribution in [0, 0.1) is 13.8 Å². The minimum absolute atomic E-state index is 0.0287. The minimum Gasteiger partial charge on any atom is -0.326 e. The Bertz CT molecular complexity index is 1120. The van der Waals surface area contributed by atoms with Crippen LogP contribution in [0.4, 0.5) is 5.69 Å². The highest BCUT2D eigenvalue weighted by molar-refractivity contribution is 8.00. The highest BCUT2D eigenvalue weighted by Gasteiger charge is 2.17. The Morgan fingerprint density at radius 1 is 1.18 bits per heavy atom. The first-order chi connectivity index (χ1) is 13.3. The van der Waals surface area contributed by atoms with Crippen molar-refractivity contribution in [2.24, 2.45) is 0 Å². The van der Waals surface area contributed by atoms with Gasteiger partial charge in [-0.05, 0) is 55.5 Å². The van der Waals surface area contributed by atoms with Crippen LogP contribution < -0.4 is 10.0 Å². The molecule has 3 rings (SSSR count). The van der Waals surface area contributed by atoms with Crippen LogP contribution in [-0.2, 0) is 14.8 Å². The molecule has 0 aliphatic heterocycles. The van der Waals surface area contributed by atoms with Crippen LogP contribution >= 0.6 is 23.1 Å². The molecule has 0 spiro atoms. The summed E-state index contributed by atoms with van der Waals surface area (Å²) < 4.78 is 29.4. The first-order valence-corrected chi connectivity index (χ1v) is 12.1. The third-order valence-corrected chi connectivity index (χ3v) is 7.71. The van der Waals surface area contributed by atoms with Gasteiger partial charge in [0.05, 0.1) is 15.1 Å². The van der Waals surface area contributed by atoms with Gasteiger partial charge in [-0.2, -0.15) is 0 Å². The third kappa shape index (κ3) is 4.91. The highest BCUT2D eigenvalue weighted by atomic mass is 32.2. The summed E-state index contributed by atoms with van der Waals surface area (Å²) in [5.41, 5.74) is 3.11. The van der Waals surface area contributed by atoms with E-state index in [0.29, 0.717) is 11.3 Å². The Balaban J connectivity index is 1.59. The molecule has 0 saturated heterocycles. The van der Waals surface area contributed by atoms with E-state index in [1.807, 2.05) is 31.4 Å². The number of hydrogen-bond donors (Lipinski definition) is 2. The number of aromatic nitrogens is 1. The molecule has 1 aromatic heterocycles. The number of carbonyl (C=O) groups excluding carboxylic acids is 1. The van der Waals surface area contributed by atoms with Gasteiger partial charge in [-0.1, -0.05) is 23.9 Å². The zero-order valence-corrected chi connectivity index (χ0v) is 18.2. The lowest BCUT2D eigenvalue weighted by atomic mass is 10.2. The Morgan fingerprint density at radius 2 is 1.96 bits per heavy atom. The van der Waals surface area contributed by atoms with E-state index in [0.717, 1.165) is 20.1 Å². The molecule has 0 aliphatic rings. The Morgan fingerprint density at radius 3 is 2.71 bits per heavy atom. The largest absolute Gasteiger partial charge is 0.326 e. The maximum atomic E-state index is 12.5. The molecule has 0 bridgehead atoms. The number of sulfonamides is 1. The topological polar surface area (TPSA) is 88.2 Å². The van der Waals surface area contributed by atoms with Crippen LogP contribution in [0.1, 0.15) is 17.5 Å². The van der Waals surface area contributed by atoms with Crippen molar-refractivity contribution < 1.29 is 13.2 Å². The van der Waals surface area contributed by atoms with Crippen LogP contribution in [0.5, 0.6) is 0 Å². The number of carbonyl (C=O) groups is 1. The number of amides is 1. The molecular formula is C19H21N3O3S3. The molecule has 148 valence electrons. The zero-order valence-electron chi connectivity index (χ0n) is 15.8. The minimum atomic E-state index is -3.65. The maximum Gasteiger partial charge on any atom is 0.240 e. The summed E-state index contributed by atoms with van der Waals surface area (Å²) >= 11 is 3.15. The van der Waals surface area contributed by atoms with Crippen molar-refractivity contribution in [2.45, 2.75) is 29.5 Å². The van der Waals surface area contributed by atoms with Crippen molar-refractivity contribution >= 4 is 54.9 Å². The summed E-state index contributed by atoms with van der Waals surface area (Å²) in [4.78, 5) is 16.9. The molecule has 28 heavy (non-hydrogen) atoms. The highest BCUT2D eigenvalue weighted by Crippen LogP contribution is 2.30. The van der Waals surface area contributed by atoms with Crippen LogP contribution in [-0.4, -0.2) is 32.1 Å². The molecule has 9 heteroatoms. The average Bonchev–Trinajstić information content (AvgIpc) is 3.06. The van der Waals surface area contributed by atoms with Gasteiger partial charge < -0.3 is 5.32 Å². The van der Waals surface area contributed by atoms with E-state index in [2.05, 4.69) is 15.0 Å². The summed E-state index contributed by atoms with van der Waals surface area (Å²) in [5, 5.41) is 2.81. The number of thioether (sulfide) groups is 1. The SMILES string of the molecule is CSc1nc2ccc(NC(=O)CCNS(=O)(=O)c3cc(C)ccc3C)cc2s1. The van der Waals surface area contributed by atoms with Crippen molar-refractivity contribution in [1.82, 2.24) is 9.71 Å². The summed E-state index contributed by atoms with van der Waals surface area (Å²) in [6.07, 6.45) is 2.01. The van der Waals surface area contributed by atoms with Crippen molar-refractivity contribution in [3.05, 3.63) is 47.5 Å². The van der Waals surface area contributed by atoms with Crippen molar-refractivity contribution in [1.29, 1.82) is 0 Å². The second-order valence-electron chi connectivity index (χ2n) is 6.33. The van der Waals surface area contributed by atoms with Gasteiger partial charge in [0.25, 0.3) is 0 Å². The number of hydrogen-bond acceptors (Lipinski definition) is 6. The van der Waals surface area contributed by atoms with E-state index in [1.165, 1.54) is 0 Å². The van der Waals surface area contributed by atoms with Gasteiger partial charge in [-0.15, -0.1) is 11.3 Å². The zero-order chi connectivity index (χ0) is 20.3. The smallest absolute Gasteiger partial charge is 0.240 e. The lowest BCUT2D eigenvalue weighted by molar-refractivity contribution is -0.116. The summed E-state index contributed by atoms with van der Waals surface area (Å²) in [7, 11) is -3.65. The number of rotatable bonds is 7. The van der Waals surface area contributed by atoms with Crippen LogP contribution in [0.25, 0.3) is 10.2 Å². The molecule has 0 unspecified atom stereocenters. The molecule has 0 aliphatic carbocycles. The number of nitrogens with zero attached hydrogens (tertiary/aromatic N) is 1. The van der Waals surface area contributed by atoms with Gasteiger partial charge >= 0.3 is 0 Å². The first-order valence-electron chi connectivity index (χ1n) is 8.60. The van der Waals surface area contributed by atoms with Gasteiger partial charge in [0.2, 0.25) is 15.9 Å². The lowest BCUT2D eigenvalue weighted by Gasteiger charge is -2.10. The summed E-state index contributed by atoms with van der Waals surface area (Å²) in [6, 6.07) is 10.8. The van der Waals surface area contributed by atoms with Crippen molar-refractivity contribution in [2.75, 3.05) is 18.1 Å². The fourth-order valence-electron chi connectivity index (χ4n) is 2.67. The van der Waals surface area contributed by atoms with Crippen LogP contribution in [0.3, 0.4) is 0 Å². The van der Waals surface area contributed by atoms with E-state index in [9.17, 15) is 13.2 Å². The van der Waals surface area contributed by atoms with E-state index < -0.39 is 10.0 Å². The van der Waals surface area contributed by atoms with Gasteiger partial charge in [0.1, 0.15) is 0 Å². The van der Waals surface area contributed by atoms with Gasteiger partial charge in [-0.3, -0.25) is 4.79 Å². The number of thiazole rings is 1. The molecule has 0 saturated carbocycles. The molecule has 1 amide bonds. The predicted octanol–water partition coefficient (Wildman–Crippen LogP) is 3.94. The van der Waals surface area contributed by atoms with Crippen LogP contribution in [0.2, 0.25) is 0 Å². The number of benzene rings is 2. The van der Waals surface area contributed by atoms with E-state index in [-0.39, 0.29) is 23.8 Å². The van der Waals surface area contributed by atoms with E-state index in [4.69, 9.17) is 0 Å². The summed E-state index contributed by atoms with van der Waals surface area (Å²) in [6.45, 7) is 3.62. The maximum absolute atomic E-state index is 12.5. The first kappa shape index (κ1) is 20.8.